The number of halogens is 1. The average molecular weight is 319 g/mol. The minimum atomic E-state index is -0.848. The number of benzene rings is 1. The first kappa shape index (κ1) is 14.2. The van der Waals surface area contributed by atoms with Gasteiger partial charge in [0, 0.05) is 10.6 Å². The SMILES string of the molecule is O=C1[C@@H]2CCCC1(c1ccccc1Cl)N=C(C1CCCN1)O2. The van der Waals surface area contributed by atoms with E-state index in [1.807, 2.05) is 24.3 Å². The Morgan fingerprint density at radius 2 is 2.14 bits per heavy atom. The molecule has 1 aliphatic carbocycles. The molecule has 2 fully saturated rings. The second kappa shape index (κ2) is 5.36. The van der Waals surface area contributed by atoms with Crippen molar-refractivity contribution in [2.45, 2.75) is 49.8 Å². The quantitative estimate of drug-likeness (QED) is 0.912. The summed E-state index contributed by atoms with van der Waals surface area (Å²) in [6.07, 6.45) is 4.17. The number of aliphatic imine (C=N–C) groups is 1. The summed E-state index contributed by atoms with van der Waals surface area (Å²) in [5.74, 6) is 0.760. The molecule has 2 heterocycles. The summed E-state index contributed by atoms with van der Waals surface area (Å²) in [4.78, 5) is 17.8. The lowest BCUT2D eigenvalue weighted by atomic mass is 9.73. The number of hydrogen-bond acceptors (Lipinski definition) is 4. The lowest BCUT2D eigenvalue weighted by Crippen LogP contribution is -2.53. The van der Waals surface area contributed by atoms with E-state index in [4.69, 9.17) is 21.3 Å². The molecule has 0 amide bonds. The minimum Gasteiger partial charge on any atom is -0.468 e. The highest BCUT2D eigenvalue weighted by atomic mass is 35.5. The molecule has 2 aliphatic heterocycles. The average Bonchev–Trinajstić information content (AvgIpc) is 3.02. The van der Waals surface area contributed by atoms with Gasteiger partial charge in [-0.25, -0.2) is 4.99 Å². The van der Waals surface area contributed by atoms with Gasteiger partial charge in [0.15, 0.2) is 11.6 Å². The maximum absolute atomic E-state index is 12.9. The molecule has 116 valence electrons. The Bertz CT molecular complexity index is 639. The van der Waals surface area contributed by atoms with Gasteiger partial charge in [-0.05, 0) is 44.7 Å². The zero-order chi connectivity index (χ0) is 15.2. The van der Waals surface area contributed by atoms with Crippen molar-refractivity contribution < 1.29 is 9.53 Å². The van der Waals surface area contributed by atoms with Crippen molar-refractivity contribution in [2.24, 2.45) is 4.99 Å². The van der Waals surface area contributed by atoms with Gasteiger partial charge in [0.1, 0.15) is 0 Å². The number of carbonyl (C=O) groups is 1. The van der Waals surface area contributed by atoms with Gasteiger partial charge >= 0.3 is 0 Å². The number of nitrogens with one attached hydrogen (secondary N) is 1. The molecule has 1 aromatic carbocycles. The fraction of sp³-hybridized carbons (Fsp3) is 0.529. The molecule has 4 nitrogen and oxygen atoms in total. The lowest BCUT2D eigenvalue weighted by Gasteiger charge is -2.42. The van der Waals surface area contributed by atoms with Crippen LogP contribution in [0.3, 0.4) is 0 Å². The largest absolute Gasteiger partial charge is 0.468 e. The van der Waals surface area contributed by atoms with E-state index in [1.54, 1.807) is 0 Å². The van der Waals surface area contributed by atoms with Crippen LogP contribution in [0.1, 0.15) is 37.7 Å². The van der Waals surface area contributed by atoms with Crippen molar-refractivity contribution in [3.63, 3.8) is 0 Å². The summed E-state index contributed by atoms with van der Waals surface area (Å²) < 4.78 is 5.93. The Labute approximate surface area is 134 Å². The molecule has 4 rings (SSSR count). The second-order valence-electron chi connectivity index (χ2n) is 6.30. The molecule has 1 saturated heterocycles. The standard InChI is InChI=1S/C17H19ClN2O2/c18-12-6-2-1-5-11(12)17-9-3-8-14(15(17)21)22-16(20-17)13-7-4-10-19-13/h1-2,5-6,13-14,19H,3-4,7-10H2/t13?,14-,17?/m0/s1. The van der Waals surface area contributed by atoms with E-state index in [0.717, 1.165) is 37.8 Å². The number of fused-ring (bicyclic) bond motifs is 2. The third-order valence-electron chi connectivity index (χ3n) is 4.95. The topological polar surface area (TPSA) is 50.7 Å². The van der Waals surface area contributed by atoms with E-state index >= 15 is 0 Å². The van der Waals surface area contributed by atoms with Gasteiger partial charge in [-0.3, -0.25) is 4.79 Å². The van der Waals surface area contributed by atoms with Crippen LogP contribution in [0.25, 0.3) is 0 Å². The van der Waals surface area contributed by atoms with Crippen molar-refractivity contribution in [3.05, 3.63) is 34.9 Å². The normalized spacial score (nSPS) is 34.2. The van der Waals surface area contributed by atoms with Gasteiger partial charge in [0.2, 0.25) is 11.7 Å². The monoisotopic (exact) mass is 318 g/mol. The Balaban J connectivity index is 1.84. The van der Waals surface area contributed by atoms with Gasteiger partial charge in [0.25, 0.3) is 0 Å². The molecule has 0 aromatic heterocycles. The number of carbonyl (C=O) groups excluding carboxylic acids is 1. The van der Waals surface area contributed by atoms with Crippen molar-refractivity contribution in [1.29, 1.82) is 0 Å². The molecule has 2 bridgehead atoms. The predicted octanol–water partition coefficient (Wildman–Crippen LogP) is 2.84. The highest BCUT2D eigenvalue weighted by molar-refractivity contribution is 6.32. The summed E-state index contributed by atoms with van der Waals surface area (Å²) in [6, 6.07) is 7.70. The Hall–Kier alpha value is -1.39. The van der Waals surface area contributed by atoms with E-state index in [0.29, 0.717) is 17.3 Å². The molecule has 2 unspecified atom stereocenters. The van der Waals surface area contributed by atoms with Crippen molar-refractivity contribution in [1.82, 2.24) is 5.32 Å². The zero-order valence-corrected chi connectivity index (χ0v) is 13.1. The number of ketones is 1. The first-order valence-corrected chi connectivity index (χ1v) is 8.38. The number of Topliss-reactive ketones (excluding diaryl/α,β-unsaturated/α-hetero) is 1. The molecular formula is C17H19ClN2O2. The fourth-order valence-electron chi connectivity index (χ4n) is 3.83. The Morgan fingerprint density at radius 3 is 2.91 bits per heavy atom. The molecule has 0 spiro atoms. The van der Waals surface area contributed by atoms with Gasteiger partial charge in [-0.1, -0.05) is 29.8 Å². The van der Waals surface area contributed by atoms with Gasteiger partial charge in [-0.15, -0.1) is 0 Å². The van der Waals surface area contributed by atoms with Crippen LogP contribution in [0.2, 0.25) is 5.02 Å². The smallest absolute Gasteiger partial charge is 0.205 e. The lowest BCUT2D eigenvalue weighted by molar-refractivity contribution is -0.137. The van der Waals surface area contributed by atoms with Gasteiger partial charge in [-0.2, -0.15) is 0 Å². The van der Waals surface area contributed by atoms with E-state index < -0.39 is 5.54 Å². The summed E-state index contributed by atoms with van der Waals surface area (Å²) in [5.41, 5.74) is -0.0239. The van der Waals surface area contributed by atoms with E-state index in [9.17, 15) is 4.79 Å². The Kier molecular flexibility index (Phi) is 3.46. The molecule has 22 heavy (non-hydrogen) atoms. The Morgan fingerprint density at radius 1 is 1.27 bits per heavy atom. The third kappa shape index (κ3) is 2.09. The number of rotatable bonds is 2. The number of hydrogen-bond donors (Lipinski definition) is 1. The van der Waals surface area contributed by atoms with E-state index in [2.05, 4.69) is 5.32 Å². The minimum absolute atomic E-state index is 0.0635. The molecule has 1 N–H and O–H groups in total. The summed E-state index contributed by atoms with van der Waals surface area (Å²) in [5, 5.41) is 4.03. The van der Waals surface area contributed by atoms with Crippen LogP contribution in [0.4, 0.5) is 0 Å². The fourth-order valence-corrected chi connectivity index (χ4v) is 4.12. The summed E-state index contributed by atoms with van der Waals surface area (Å²) in [7, 11) is 0. The van der Waals surface area contributed by atoms with Crippen LogP contribution in [0, 0.1) is 0 Å². The number of nitrogens with zero attached hydrogens (tertiary/aromatic N) is 1. The predicted molar refractivity (Wildman–Crippen MR) is 85.3 cm³/mol. The van der Waals surface area contributed by atoms with Crippen LogP contribution < -0.4 is 5.32 Å². The van der Waals surface area contributed by atoms with Crippen LogP contribution in [-0.2, 0) is 15.1 Å². The van der Waals surface area contributed by atoms with Crippen molar-refractivity contribution in [3.8, 4) is 0 Å². The molecule has 3 atom stereocenters. The number of ether oxygens (including phenoxy) is 1. The van der Waals surface area contributed by atoms with Gasteiger partial charge in [0.05, 0.1) is 6.04 Å². The highest BCUT2D eigenvalue weighted by Crippen LogP contribution is 2.44. The van der Waals surface area contributed by atoms with Crippen LogP contribution in [0.5, 0.6) is 0 Å². The molecule has 3 aliphatic rings. The first-order chi connectivity index (χ1) is 10.7. The van der Waals surface area contributed by atoms with Crippen LogP contribution in [0.15, 0.2) is 29.3 Å². The van der Waals surface area contributed by atoms with E-state index in [1.165, 1.54) is 0 Å². The van der Waals surface area contributed by atoms with Crippen molar-refractivity contribution in [2.75, 3.05) is 6.54 Å². The molecule has 0 radical (unpaired) electrons. The van der Waals surface area contributed by atoms with Crippen molar-refractivity contribution >= 4 is 23.3 Å². The summed E-state index contributed by atoms with van der Waals surface area (Å²) in [6.45, 7) is 0.977. The second-order valence-corrected chi connectivity index (χ2v) is 6.71. The highest BCUT2D eigenvalue weighted by Gasteiger charge is 2.52. The zero-order valence-electron chi connectivity index (χ0n) is 12.3. The van der Waals surface area contributed by atoms with E-state index in [-0.39, 0.29) is 17.9 Å². The molecular weight excluding hydrogens is 300 g/mol. The molecule has 1 saturated carbocycles. The summed E-state index contributed by atoms with van der Waals surface area (Å²) >= 11 is 6.39. The first-order valence-electron chi connectivity index (χ1n) is 8.00. The van der Waals surface area contributed by atoms with Crippen LogP contribution in [-0.4, -0.2) is 30.4 Å². The van der Waals surface area contributed by atoms with Crippen LogP contribution >= 0.6 is 11.6 Å². The molecule has 5 heteroatoms. The molecule has 1 aromatic rings. The maximum atomic E-state index is 12.9. The van der Waals surface area contributed by atoms with Gasteiger partial charge < -0.3 is 10.1 Å². The third-order valence-corrected chi connectivity index (χ3v) is 5.28. The maximum Gasteiger partial charge on any atom is 0.205 e.